The maximum absolute atomic E-state index is 5.52. The minimum absolute atomic E-state index is 0.207. The molecule has 0 heterocycles. The summed E-state index contributed by atoms with van der Waals surface area (Å²) in [7, 11) is 1.73. The number of hydrogen-bond donors (Lipinski definition) is 1. The second-order valence-corrected chi connectivity index (χ2v) is 5.52. The van der Waals surface area contributed by atoms with Gasteiger partial charge >= 0.3 is 0 Å². The highest BCUT2D eigenvalue weighted by atomic mass is 16.5. The second kappa shape index (κ2) is 7.16. The summed E-state index contributed by atoms with van der Waals surface area (Å²) in [4.78, 5) is 0. The third kappa shape index (κ3) is 3.78. The van der Waals surface area contributed by atoms with Crippen molar-refractivity contribution in [2.45, 2.75) is 39.7 Å². The molecule has 0 aromatic heterocycles. The molecule has 0 bridgehead atoms. The average molecular weight is 283 g/mol. The zero-order chi connectivity index (χ0) is 15.2. The first-order valence-electron chi connectivity index (χ1n) is 7.64. The van der Waals surface area contributed by atoms with Gasteiger partial charge < -0.3 is 10.1 Å². The lowest BCUT2D eigenvalue weighted by atomic mass is 10.0. The molecule has 1 atom stereocenters. The molecule has 0 radical (unpaired) electrons. The van der Waals surface area contributed by atoms with E-state index in [9.17, 15) is 0 Å². The van der Waals surface area contributed by atoms with Crippen molar-refractivity contribution in [3.63, 3.8) is 0 Å². The molecule has 0 amide bonds. The number of hydrogen-bond acceptors (Lipinski definition) is 2. The van der Waals surface area contributed by atoms with E-state index in [1.54, 1.807) is 7.11 Å². The lowest BCUT2D eigenvalue weighted by Crippen LogP contribution is -2.10. The minimum atomic E-state index is 0.207. The van der Waals surface area contributed by atoms with E-state index >= 15 is 0 Å². The van der Waals surface area contributed by atoms with Gasteiger partial charge in [0.25, 0.3) is 0 Å². The zero-order valence-corrected chi connectivity index (χ0v) is 13.4. The minimum Gasteiger partial charge on any atom is -0.496 e. The van der Waals surface area contributed by atoms with E-state index in [0.29, 0.717) is 0 Å². The summed E-state index contributed by atoms with van der Waals surface area (Å²) < 4.78 is 5.52. The van der Waals surface area contributed by atoms with Crippen molar-refractivity contribution < 1.29 is 4.74 Å². The van der Waals surface area contributed by atoms with Gasteiger partial charge in [0.2, 0.25) is 0 Å². The molecule has 0 aliphatic heterocycles. The molecule has 2 aromatic rings. The fourth-order valence-electron chi connectivity index (χ4n) is 2.64. The van der Waals surface area contributed by atoms with Crippen molar-refractivity contribution >= 4 is 5.69 Å². The van der Waals surface area contributed by atoms with Gasteiger partial charge in [-0.2, -0.15) is 0 Å². The molecule has 112 valence electrons. The van der Waals surface area contributed by atoms with Gasteiger partial charge in [-0.1, -0.05) is 43.7 Å². The molecule has 2 heteroatoms. The summed E-state index contributed by atoms with van der Waals surface area (Å²) in [6, 6.07) is 15.1. The third-order valence-electron chi connectivity index (χ3n) is 3.76. The standard InChI is InChI=1S/C19H25NO/c1-5-8-16-9-6-7-10-18(16)20-15(3)17-12-11-14(2)13-19(17)21-4/h6-7,9-13,15,20H,5,8H2,1-4H3. The predicted molar refractivity (Wildman–Crippen MR) is 90.2 cm³/mol. The lowest BCUT2D eigenvalue weighted by molar-refractivity contribution is 0.407. The average Bonchev–Trinajstić information content (AvgIpc) is 2.49. The topological polar surface area (TPSA) is 21.3 Å². The first kappa shape index (κ1) is 15.4. The molecule has 0 aliphatic carbocycles. The Morgan fingerprint density at radius 1 is 1.14 bits per heavy atom. The largest absolute Gasteiger partial charge is 0.496 e. The lowest BCUT2D eigenvalue weighted by Gasteiger charge is -2.20. The van der Waals surface area contributed by atoms with E-state index in [4.69, 9.17) is 4.74 Å². The molecule has 21 heavy (non-hydrogen) atoms. The SMILES string of the molecule is CCCc1ccccc1NC(C)c1ccc(C)cc1OC. The molecule has 2 aromatic carbocycles. The fourth-order valence-corrected chi connectivity index (χ4v) is 2.64. The van der Waals surface area contributed by atoms with E-state index in [0.717, 1.165) is 18.6 Å². The summed E-state index contributed by atoms with van der Waals surface area (Å²) in [6.07, 6.45) is 2.25. The van der Waals surface area contributed by atoms with Crippen LogP contribution in [0, 0.1) is 6.92 Å². The van der Waals surface area contributed by atoms with Crippen molar-refractivity contribution in [2.75, 3.05) is 12.4 Å². The van der Waals surface area contributed by atoms with E-state index in [1.165, 1.54) is 22.4 Å². The van der Waals surface area contributed by atoms with Crippen molar-refractivity contribution in [1.82, 2.24) is 0 Å². The third-order valence-corrected chi connectivity index (χ3v) is 3.76. The maximum Gasteiger partial charge on any atom is 0.124 e. The molecule has 0 spiro atoms. The molecule has 0 saturated heterocycles. The van der Waals surface area contributed by atoms with Crippen LogP contribution in [-0.2, 0) is 6.42 Å². The van der Waals surface area contributed by atoms with Crippen LogP contribution in [0.2, 0.25) is 0 Å². The molecule has 1 N–H and O–H groups in total. The Hall–Kier alpha value is -1.96. The summed E-state index contributed by atoms with van der Waals surface area (Å²) in [5.41, 5.74) is 5.00. The number of para-hydroxylation sites is 1. The van der Waals surface area contributed by atoms with Crippen LogP contribution in [0.5, 0.6) is 5.75 Å². The smallest absolute Gasteiger partial charge is 0.124 e. The Labute approximate surface area is 128 Å². The van der Waals surface area contributed by atoms with Gasteiger partial charge in [0, 0.05) is 11.3 Å². The van der Waals surface area contributed by atoms with Gasteiger partial charge in [0.05, 0.1) is 13.2 Å². The highest BCUT2D eigenvalue weighted by Gasteiger charge is 2.12. The van der Waals surface area contributed by atoms with Crippen molar-refractivity contribution in [1.29, 1.82) is 0 Å². The van der Waals surface area contributed by atoms with Crippen LogP contribution in [0.25, 0.3) is 0 Å². The summed E-state index contributed by atoms with van der Waals surface area (Å²) in [5, 5.41) is 3.63. The quantitative estimate of drug-likeness (QED) is 0.793. The van der Waals surface area contributed by atoms with Gasteiger partial charge in [-0.25, -0.2) is 0 Å². The summed E-state index contributed by atoms with van der Waals surface area (Å²) in [5.74, 6) is 0.947. The normalized spacial score (nSPS) is 12.0. The molecular weight excluding hydrogens is 258 g/mol. The van der Waals surface area contributed by atoms with Crippen molar-refractivity contribution in [3.05, 3.63) is 59.2 Å². The van der Waals surface area contributed by atoms with E-state index < -0.39 is 0 Å². The number of ether oxygens (including phenoxy) is 1. The first-order valence-corrected chi connectivity index (χ1v) is 7.64. The number of anilines is 1. The van der Waals surface area contributed by atoms with Gasteiger partial charge in [-0.05, 0) is 43.5 Å². The molecule has 0 saturated carbocycles. The molecular formula is C19H25NO. The predicted octanol–water partition coefficient (Wildman–Crippen LogP) is 5.13. The fraction of sp³-hybridized carbons (Fsp3) is 0.368. The first-order chi connectivity index (χ1) is 10.2. The van der Waals surface area contributed by atoms with Gasteiger partial charge in [-0.3, -0.25) is 0 Å². The summed E-state index contributed by atoms with van der Waals surface area (Å²) >= 11 is 0. The monoisotopic (exact) mass is 283 g/mol. The van der Waals surface area contributed by atoms with E-state index in [1.807, 2.05) is 0 Å². The second-order valence-electron chi connectivity index (χ2n) is 5.52. The van der Waals surface area contributed by atoms with Crippen LogP contribution >= 0.6 is 0 Å². The van der Waals surface area contributed by atoms with E-state index in [2.05, 4.69) is 68.6 Å². The molecule has 2 nitrogen and oxygen atoms in total. The number of benzene rings is 2. The Morgan fingerprint density at radius 2 is 1.90 bits per heavy atom. The Balaban J connectivity index is 2.24. The van der Waals surface area contributed by atoms with Crippen molar-refractivity contribution in [2.24, 2.45) is 0 Å². The number of methoxy groups -OCH3 is 1. The Kier molecular flexibility index (Phi) is 5.26. The molecule has 1 unspecified atom stereocenters. The maximum atomic E-state index is 5.52. The number of rotatable bonds is 6. The van der Waals surface area contributed by atoms with Gasteiger partial charge in [-0.15, -0.1) is 0 Å². The highest BCUT2D eigenvalue weighted by molar-refractivity contribution is 5.54. The summed E-state index contributed by atoms with van der Waals surface area (Å²) in [6.45, 7) is 6.47. The molecule has 0 fully saturated rings. The van der Waals surface area contributed by atoms with Crippen LogP contribution in [0.1, 0.15) is 43.0 Å². The Morgan fingerprint density at radius 3 is 2.62 bits per heavy atom. The number of nitrogens with one attached hydrogen (secondary N) is 1. The van der Waals surface area contributed by atoms with Crippen molar-refractivity contribution in [3.8, 4) is 5.75 Å². The van der Waals surface area contributed by atoms with Crippen LogP contribution in [0.3, 0.4) is 0 Å². The zero-order valence-electron chi connectivity index (χ0n) is 13.4. The van der Waals surface area contributed by atoms with Gasteiger partial charge in [0.15, 0.2) is 0 Å². The van der Waals surface area contributed by atoms with E-state index in [-0.39, 0.29) is 6.04 Å². The van der Waals surface area contributed by atoms with Crippen LogP contribution < -0.4 is 10.1 Å². The van der Waals surface area contributed by atoms with Crippen LogP contribution in [-0.4, -0.2) is 7.11 Å². The van der Waals surface area contributed by atoms with Crippen LogP contribution in [0.4, 0.5) is 5.69 Å². The van der Waals surface area contributed by atoms with Gasteiger partial charge in [0.1, 0.15) is 5.75 Å². The molecule has 0 aliphatic rings. The molecule has 2 rings (SSSR count). The van der Waals surface area contributed by atoms with Crippen LogP contribution in [0.15, 0.2) is 42.5 Å². The Bertz CT molecular complexity index is 592. The highest BCUT2D eigenvalue weighted by Crippen LogP contribution is 2.30. The number of aryl methyl sites for hydroxylation is 2.